The maximum Gasteiger partial charge on any atom is 0.243 e. The molecule has 0 radical (unpaired) electrons. The molecule has 3 rings (SSSR count). The summed E-state index contributed by atoms with van der Waals surface area (Å²) in [6.45, 7) is 2.38. The molecule has 7 nitrogen and oxygen atoms in total. The number of rotatable bonds is 8. The quantitative estimate of drug-likeness (QED) is 0.675. The van der Waals surface area contributed by atoms with Gasteiger partial charge in [0.05, 0.1) is 6.04 Å². The SMILES string of the molecule is CC(=O)[C@H](Cc1ccncc1)NC(=O)[C@@H]1C[C@@H](C2CCCCC2)CN1C(=O)CCN. The number of likely N-dealkylation sites (tertiary alicyclic amines) is 1. The minimum Gasteiger partial charge on any atom is -0.344 e. The van der Waals surface area contributed by atoms with Gasteiger partial charge in [0.15, 0.2) is 5.78 Å². The highest BCUT2D eigenvalue weighted by molar-refractivity contribution is 5.92. The summed E-state index contributed by atoms with van der Waals surface area (Å²) in [6, 6.07) is 2.55. The van der Waals surface area contributed by atoms with E-state index < -0.39 is 12.1 Å². The average Bonchev–Trinajstić information content (AvgIpc) is 3.20. The molecule has 0 unspecified atom stereocenters. The number of nitrogens with one attached hydrogen (secondary N) is 1. The van der Waals surface area contributed by atoms with Gasteiger partial charge in [0, 0.05) is 31.9 Å². The summed E-state index contributed by atoms with van der Waals surface area (Å²) in [7, 11) is 0. The Morgan fingerprint density at radius 1 is 1.17 bits per heavy atom. The number of aromatic nitrogens is 1. The molecule has 2 amide bonds. The molecule has 2 heterocycles. The lowest BCUT2D eigenvalue weighted by Gasteiger charge is -2.27. The zero-order valence-corrected chi connectivity index (χ0v) is 17.9. The highest BCUT2D eigenvalue weighted by Gasteiger charge is 2.42. The predicted octanol–water partition coefficient (Wildman–Crippen LogP) is 1.84. The Labute approximate surface area is 178 Å². The third kappa shape index (κ3) is 5.65. The number of carbonyl (C=O) groups is 3. The number of hydrogen-bond donors (Lipinski definition) is 2. The monoisotopic (exact) mass is 414 g/mol. The summed E-state index contributed by atoms with van der Waals surface area (Å²) in [5.74, 6) is 0.531. The molecule has 1 saturated carbocycles. The number of ketones is 1. The molecule has 1 aliphatic carbocycles. The van der Waals surface area contributed by atoms with E-state index in [-0.39, 0.29) is 30.6 Å². The second-order valence-corrected chi connectivity index (χ2v) is 8.73. The van der Waals surface area contributed by atoms with E-state index in [0.717, 1.165) is 5.56 Å². The second kappa shape index (κ2) is 10.7. The van der Waals surface area contributed by atoms with Crippen molar-refractivity contribution in [2.45, 2.75) is 70.4 Å². The third-order valence-electron chi connectivity index (χ3n) is 6.63. The molecule has 1 aromatic heterocycles. The van der Waals surface area contributed by atoms with E-state index in [1.165, 1.54) is 39.0 Å². The molecule has 2 aliphatic rings. The molecule has 1 aliphatic heterocycles. The van der Waals surface area contributed by atoms with Crippen molar-refractivity contribution in [3.63, 3.8) is 0 Å². The molecule has 7 heteroatoms. The molecule has 0 spiro atoms. The van der Waals surface area contributed by atoms with Crippen LogP contribution in [0.25, 0.3) is 0 Å². The first kappa shape index (κ1) is 22.4. The maximum absolute atomic E-state index is 13.2. The third-order valence-corrected chi connectivity index (χ3v) is 6.63. The fourth-order valence-corrected chi connectivity index (χ4v) is 4.93. The number of amides is 2. The van der Waals surface area contributed by atoms with Crippen molar-refractivity contribution < 1.29 is 14.4 Å². The van der Waals surface area contributed by atoms with Gasteiger partial charge in [-0.25, -0.2) is 0 Å². The van der Waals surface area contributed by atoms with E-state index >= 15 is 0 Å². The maximum atomic E-state index is 13.2. The zero-order valence-electron chi connectivity index (χ0n) is 17.9. The van der Waals surface area contributed by atoms with Gasteiger partial charge in [-0.1, -0.05) is 32.1 Å². The lowest BCUT2D eigenvalue weighted by atomic mass is 9.79. The van der Waals surface area contributed by atoms with Crippen molar-refractivity contribution >= 4 is 17.6 Å². The number of Topliss-reactive ketones (excluding diaryl/α,β-unsaturated/α-hetero) is 1. The molecular weight excluding hydrogens is 380 g/mol. The molecule has 1 saturated heterocycles. The van der Waals surface area contributed by atoms with Gasteiger partial charge < -0.3 is 16.0 Å². The van der Waals surface area contributed by atoms with Crippen LogP contribution in [-0.2, 0) is 20.8 Å². The molecule has 1 aromatic rings. The molecule has 30 heavy (non-hydrogen) atoms. The lowest BCUT2D eigenvalue weighted by molar-refractivity contribution is -0.139. The summed E-state index contributed by atoms with van der Waals surface area (Å²) in [5, 5.41) is 2.92. The van der Waals surface area contributed by atoms with Crippen LogP contribution >= 0.6 is 0 Å². The topological polar surface area (TPSA) is 105 Å². The summed E-state index contributed by atoms with van der Waals surface area (Å²) >= 11 is 0. The first-order valence-corrected chi connectivity index (χ1v) is 11.2. The van der Waals surface area contributed by atoms with Gasteiger partial charge in [-0.05, 0) is 49.3 Å². The van der Waals surface area contributed by atoms with Crippen LogP contribution in [-0.4, -0.2) is 52.7 Å². The Morgan fingerprint density at radius 2 is 1.87 bits per heavy atom. The molecule has 0 aromatic carbocycles. The molecule has 0 bridgehead atoms. The standard InChI is InChI=1S/C23H34N4O3/c1-16(28)20(13-17-8-11-25-12-9-17)26-23(30)21-14-19(18-5-3-2-4-6-18)15-27(21)22(29)7-10-24/h8-9,11-12,18-21H,2-7,10,13-15,24H2,1H3,(H,26,30)/t19-,20+,21+/m1/s1. The lowest BCUT2D eigenvalue weighted by Crippen LogP contribution is -2.51. The van der Waals surface area contributed by atoms with E-state index in [0.29, 0.717) is 31.2 Å². The van der Waals surface area contributed by atoms with Crippen molar-refractivity contribution in [2.75, 3.05) is 13.1 Å². The van der Waals surface area contributed by atoms with Gasteiger partial charge in [-0.2, -0.15) is 0 Å². The van der Waals surface area contributed by atoms with Gasteiger partial charge >= 0.3 is 0 Å². The summed E-state index contributed by atoms with van der Waals surface area (Å²) in [4.78, 5) is 43.8. The van der Waals surface area contributed by atoms with Gasteiger partial charge in [-0.3, -0.25) is 19.4 Å². The smallest absolute Gasteiger partial charge is 0.243 e. The van der Waals surface area contributed by atoms with E-state index in [2.05, 4.69) is 10.3 Å². The number of pyridine rings is 1. The minimum absolute atomic E-state index is 0.0653. The average molecular weight is 415 g/mol. The van der Waals surface area contributed by atoms with Crippen LogP contribution in [0.15, 0.2) is 24.5 Å². The van der Waals surface area contributed by atoms with Gasteiger partial charge in [-0.15, -0.1) is 0 Å². The number of hydrogen-bond acceptors (Lipinski definition) is 5. The van der Waals surface area contributed by atoms with E-state index in [1.807, 2.05) is 12.1 Å². The normalized spacial score (nSPS) is 23.2. The van der Waals surface area contributed by atoms with E-state index in [9.17, 15) is 14.4 Å². The van der Waals surface area contributed by atoms with Crippen molar-refractivity contribution in [1.82, 2.24) is 15.2 Å². The largest absolute Gasteiger partial charge is 0.344 e. The molecule has 2 fully saturated rings. The first-order chi connectivity index (χ1) is 14.5. The molecule has 164 valence electrons. The highest BCUT2D eigenvalue weighted by Crippen LogP contribution is 2.37. The minimum atomic E-state index is -0.611. The van der Waals surface area contributed by atoms with Crippen LogP contribution in [0.5, 0.6) is 0 Å². The Bertz CT molecular complexity index is 733. The fraction of sp³-hybridized carbons (Fsp3) is 0.652. The number of nitrogens with two attached hydrogens (primary N) is 1. The van der Waals surface area contributed by atoms with Crippen LogP contribution in [0.3, 0.4) is 0 Å². The summed E-state index contributed by atoms with van der Waals surface area (Å²) in [5.41, 5.74) is 6.54. The summed E-state index contributed by atoms with van der Waals surface area (Å²) in [6.07, 6.45) is 10.8. The fourth-order valence-electron chi connectivity index (χ4n) is 4.93. The summed E-state index contributed by atoms with van der Waals surface area (Å²) < 4.78 is 0. The second-order valence-electron chi connectivity index (χ2n) is 8.73. The Balaban J connectivity index is 1.70. The van der Waals surface area contributed by atoms with Crippen molar-refractivity contribution in [1.29, 1.82) is 0 Å². The van der Waals surface area contributed by atoms with Crippen molar-refractivity contribution in [2.24, 2.45) is 17.6 Å². The van der Waals surface area contributed by atoms with Crippen LogP contribution in [0.2, 0.25) is 0 Å². The molecule has 3 N–H and O–H groups in total. The Kier molecular flexibility index (Phi) is 7.96. The Hall–Kier alpha value is -2.28. The van der Waals surface area contributed by atoms with Crippen LogP contribution in [0.4, 0.5) is 0 Å². The van der Waals surface area contributed by atoms with E-state index in [1.54, 1.807) is 17.3 Å². The van der Waals surface area contributed by atoms with Crippen LogP contribution in [0.1, 0.15) is 57.4 Å². The zero-order chi connectivity index (χ0) is 21.5. The number of carbonyl (C=O) groups excluding carboxylic acids is 3. The highest BCUT2D eigenvalue weighted by atomic mass is 16.2. The van der Waals surface area contributed by atoms with Crippen molar-refractivity contribution in [3.05, 3.63) is 30.1 Å². The first-order valence-electron chi connectivity index (χ1n) is 11.2. The van der Waals surface area contributed by atoms with Crippen LogP contribution < -0.4 is 11.1 Å². The number of nitrogens with zero attached hydrogens (tertiary/aromatic N) is 2. The van der Waals surface area contributed by atoms with Gasteiger partial charge in [0.25, 0.3) is 0 Å². The predicted molar refractivity (Wildman–Crippen MR) is 114 cm³/mol. The molecule has 3 atom stereocenters. The molecular formula is C23H34N4O3. The van der Waals surface area contributed by atoms with Crippen molar-refractivity contribution in [3.8, 4) is 0 Å². The Morgan fingerprint density at radius 3 is 2.50 bits per heavy atom. The van der Waals surface area contributed by atoms with E-state index in [4.69, 9.17) is 5.73 Å². The van der Waals surface area contributed by atoms with Gasteiger partial charge in [0.2, 0.25) is 11.8 Å². The van der Waals surface area contributed by atoms with Gasteiger partial charge in [0.1, 0.15) is 6.04 Å². The van der Waals surface area contributed by atoms with Crippen LogP contribution in [0, 0.1) is 11.8 Å².